The van der Waals surface area contributed by atoms with Gasteiger partial charge in [-0.1, -0.05) is 11.6 Å². The number of carbonyl (C=O) groups excluding carboxylic acids is 1. The molecule has 0 aliphatic carbocycles. The minimum absolute atomic E-state index is 0.00297. The molecule has 2 aromatic heterocycles. The fraction of sp³-hybridized carbons (Fsp3) is 0.0714. The fourth-order valence-electron chi connectivity index (χ4n) is 2.20. The number of nitrogens with two attached hydrogens (primary N) is 1. The number of imide groups is 1. The lowest BCUT2D eigenvalue weighted by Crippen LogP contribution is -2.32. The van der Waals surface area contributed by atoms with Gasteiger partial charge in [0.1, 0.15) is 5.15 Å². The second kappa shape index (κ2) is 5.25. The van der Waals surface area contributed by atoms with Gasteiger partial charge in [-0.05, 0) is 18.2 Å². The molecule has 0 saturated heterocycles. The van der Waals surface area contributed by atoms with Gasteiger partial charge in [-0.15, -0.1) is 11.3 Å². The normalized spacial score (nSPS) is 11.0. The van der Waals surface area contributed by atoms with Gasteiger partial charge in [0.05, 0.1) is 4.70 Å². The van der Waals surface area contributed by atoms with Crippen molar-refractivity contribution in [3.63, 3.8) is 0 Å². The summed E-state index contributed by atoms with van der Waals surface area (Å²) in [5, 5.41) is 20.4. The number of benzene rings is 1. The summed E-state index contributed by atoms with van der Waals surface area (Å²) in [5.74, 6) is -1.36. The molecule has 2 amide bonds. The molecule has 4 N–H and O–H groups in total. The highest BCUT2D eigenvalue weighted by Gasteiger charge is 2.26. The highest BCUT2D eigenvalue weighted by molar-refractivity contribution is 7.26. The Hall–Kier alpha value is -2.58. The standard InChI is InChI=1S/C14H10ClN3O4S/c1-18(14(21)22)13(20)9-10(19)11-8(12(15)17-9)6-4-5(16)2-3-7(6)23-11/h2-4,19H,16H2,1H3,(H,21,22). The van der Waals surface area contributed by atoms with E-state index in [-0.39, 0.29) is 5.15 Å². The summed E-state index contributed by atoms with van der Waals surface area (Å²) < 4.78 is 1.16. The van der Waals surface area contributed by atoms with Crippen molar-refractivity contribution in [3.8, 4) is 5.75 Å². The van der Waals surface area contributed by atoms with Gasteiger partial charge in [0.2, 0.25) is 0 Å². The second-order valence-electron chi connectivity index (χ2n) is 4.81. The zero-order valence-corrected chi connectivity index (χ0v) is 13.3. The molecular weight excluding hydrogens is 342 g/mol. The predicted octanol–water partition coefficient (Wildman–Crippen LogP) is 3.14. The van der Waals surface area contributed by atoms with Crippen molar-refractivity contribution in [2.45, 2.75) is 0 Å². The van der Waals surface area contributed by atoms with Crippen LogP contribution in [-0.2, 0) is 0 Å². The van der Waals surface area contributed by atoms with Crippen LogP contribution in [0.1, 0.15) is 10.5 Å². The fourth-order valence-corrected chi connectivity index (χ4v) is 3.66. The zero-order chi connectivity index (χ0) is 16.9. The zero-order valence-electron chi connectivity index (χ0n) is 11.7. The number of halogens is 1. The summed E-state index contributed by atoms with van der Waals surface area (Å²) >= 11 is 7.38. The van der Waals surface area contributed by atoms with Crippen LogP contribution in [0.5, 0.6) is 5.75 Å². The molecular formula is C14H10ClN3O4S. The number of hydrogen-bond acceptors (Lipinski definition) is 6. The Kier molecular flexibility index (Phi) is 3.50. The molecule has 0 aliphatic heterocycles. The highest BCUT2D eigenvalue weighted by Crippen LogP contribution is 2.43. The van der Waals surface area contributed by atoms with E-state index in [1.54, 1.807) is 18.2 Å². The first-order valence-corrected chi connectivity index (χ1v) is 7.52. The Morgan fingerprint density at radius 2 is 2.09 bits per heavy atom. The Morgan fingerprint density at radius 1 is 1.39 bits per heavy atom. The Labute approximate surface area is 138 Å². The number of hydrogen-bond donors (Lipinski definition) is 3. The van der Waals surface area contributed by atoms with Crippen LogP contribution in [0, 0.1) is 0 Å². The van der Waals surface area contributed by atoms with Crippen LogP contribution in [0.2, 0.25) is 5.15 Å². The van der Waals surface area contributed by atoms with Crippen LogP contribution in [-0.4, -0.2) is 39.1 Å². The maximum Gasteiger partial charge on any atom is 0.414 e. The quantitative estimate of drug-likeness (QED) is 0.458. The number of thiophene rings is 1. The number of nitrogen functional groups attached to an aromatic ring is 1. The molecule has 118 valence electrons. The third-order valence-corrected chi connectivity index (χ3v) is 4.81. The third-order valence-electron chi connectivity index (χ3n) is 3.36. The molecule has 0 atom stereocenters. The maximum absolute atomic E-state index is 12.1. The maximum atomic E-state index is 12.1. The van der Waals surface area contributed by atoms with Gasteiger partial charge in [-0.3, -0.25) is 4.79 Å². The Bertz CT molecular complexity index is 985. The predicted molar refractivity (Wildman–Crippen MR) is 88.3 cm³/mol. The third kappa shape index (κ3) is 2.32. The molecule has 3 rings (SSSR count). The summed E-state index contributed by atoms with van der Waals surface area (Å²) in [6.45, 7) is 0. The van der Waals surface area contributed by atoms with E-state index < -0.39 is 23.4 Å². The number of anilines is 1. The first-order valence-electron chi connectivity index (χ1n) is 6.32. The van der Waals surface area contributed by atoms with E-state index in [0.29, 0.717) is 26.1 Å². The van der Waals surface area contributed by atoms with E-state index in [4.69, 9.17) is 22.4 Å². The lowest BCUT2D eigenvalue weighted by atomic mass is 10.1. The minimum Gasteiger partial charge on any atom is -0.504 e. The number of aromatic nitrogens is 1. The van der Waals surface area contributed by atoms with Gasteiger partial charge in [-0.25, -0.2) is 14.7 Å². The molecule has 0 spiro atoms. The molecule has 2 heterocycles. The highest BCUT2D eigenvalue weighted by atomic mass is 35.5. The van der Waals surface area contributed by atoms with E-state index in [1.807, 2.05) is 0 Å². The van der Waals surface area contributed by atoms with E-state index in [2.05, 4.69) is 4.98 Å². The van der Waals surface area contributed by atoms with Crippen LogP contribution in [0.15, 0.2) is 18.2 Å². The van der Waals surface area contributed by atoms with Crippen molar-refractivity contribution in [2.24, 2.45) is 0 Å². The van der Waals surface area contributed by atoms with Crippen molar-refractivity contribution < 1.29 is 19.8 Å². The molecule has 0 aliphatic rings. The number of carboxylic acid groups (broad SMARTS) is 1. The van der Waals surface area contributed by atoms with E-state index in [9.17, 15) is 14.7 Å². The molecule has 3 aromatic rings. The topological polar surface area (TPSA) is 117 Å². The summed E-state index contributed by atoms with van der Waals surface area (Å²) in [6.07, 6.45) is -1.46. The number of amides is 2. The number of rotatable bonds is 1. The number of carbonyl (C=O) groups is 2. The summed E-state index contributed by atoms with van der Waals surface area (Å²) in [6, 6.07) is 5.18. The lowest BCUT2D eigenvalue weighted by Gasteiger charge is -2.12. The van der Waals surface area contributed by atoms with E-state index in [1.165, 1.54) is 11.3 Å². The van der Waals surface area contributed by atoms with Crippen molar-refractivity contribution in [2.75, 3.05) is 12.8 Å². The van der Waals surface area contributed by atoms with Crippen LogP contribution in [0.25, 0.3) is 20.2 Å². The number of aromatic hydroxyl groups is 1. The van der Waals surface area contributed by atoms with E-state index >= 15 is 0 Å². The van der Waals surface area contributed by atoms with Gasteiger partial charge in [0.25, 0.3) is 5.91 Å². The largest absolute Gasteiger partial charge is 0.504 e. The van der Waals surface area contributed by atoms with Gasteiger partial charge in [0.15, 0.2) is 11.4 Å². The summed E-state index contributed by atoms with van der Waals surface area (Å²) in [5.41, 5.74) is 5.88. The van der Waals surface area contributed by atoms with E-state index in [0.717, 1.165) is 11.7 Å². The van der Waals surface area contributed by atoms with Gasteiger partial charge in [0, 0.05) is 28.2 Å². The first-order chi connectivity index (χ1) is 10.8. The first kappa shape index (κ1) is 15.3. The monoisotopic (exact) mass is 351 g/mol. The lowest BCUT2D eigenvalue weighted by molar-refractivity contribution is 0.0773. The van der Waals surface area contributed by atoms with Crippen molar-refractivity contribution in [1.82, 2.24) is 9.88 Å². The summed E-state index contributed by atoms with van der Waals surface area (Å²) in [7, 11) is 1.06. The molecule has 0 unspecified atom stereocenters. The smallest absolute Gasteiger partial charge is 0.414 e. The molecule has 7 nitrogen and oxygen atoms in total. The minimum atomic E-state index is -1.46. The molecule has 23 heavy (non-hydrogen) atoms. The molecule has 0 saturated carbocycles. The van der Waals surface area contributed by atoms with Crippen molar-refractivity contribution in [1.29, 1.82) is 0 Å². The van der Waals surface area contributed by atoms with Gasteiger partial charge < -0.3 is 15.9 Å². The molecule has 9 heteroatoms. The van der Waals surface area contributed by atoms with Crippen molar-refractivity contribution in [3.05, 3.63) is 29.0 Å². The Morgan fingerprint density at radius 3 is 2.74 bits per heavy atom. The average molecular weight is 352 g/mol. The van der Waals surface area contributed by atoms with Gasteiger partial charge >= 0.3 is 6.09 Å². The molecule has 0 bridgehead atoms. The van der Waals surface area contributed by atoms with Crippen LogP contribution in [0.4, 0.5) is 10.5 Å². The van der Waals surface area contributed by atoms with Crippen LogP contribution >= 0.6 is 22.9 Å². The summed E-state index contributed by atoms with van der Waals surface area (Å²) in [4.78, 5) is 27.3. The van der Waals surface area contributed by atoms with Crippen LogP contribution < -0.4 is 5.73 Å². The second-order valence-corrected chi connectivity index (χ2v) is 6.22. The molecule has 0 radical (unpaired) electrons. The average Bonchev–Trinajstić information content (AvgIpc) is 2.88. The van der Waals surface area contributed by atoms with Gasteiger partial charge in [-0.2, -0.15) is 0 Å². The molecule has 1 aromatic carbocycles. The number of pyridine rings is 1. The number of nitrogens with zero attached hydrogens (tertiary/aromatic N) is 2. The SMILES string of the molecule is CN(C(=O)O)C(=O)c1nc(Cl)c2c(sc3ccc(N)cc32)c1O. The molecule has 0 fully saturated rings. The number of fused-ring (bicyclic) bond motifs is 3. The van der Waals surface area contributed by atoms with Crippen molar-refractivity contribution >= 4 is 60.8 Å². The van der Waals surface area contributed by atoms with Crippen LogP contribution in [0.3, 0.4) is 0 Å². The Balaban J connectivity index is 2.32.